The van der Waals surface area contributed by atoms with Gasteiger partial charge in [-0.25, -0.2) is 14.1 Å². The number of benzene rings is 1. The maximum absolute atomic E-state index is 13.7. The molecule has 4 rings (SSSR count). The van der Waals surface area contributed by atoms with E-state index in [1.165, 1.54) is 12.1 Å². The number of rotatable bonds is 3. The van der Waals surface area contributed by atoms with E-state index in [4.69, 9.17) is 0 Å². The first-order valence-corrected chi connectivity index (χ1v) is 9.15. The molecule has 2 aromatic heterocycles. The molecule has 1 fully saturated rings. The lowest BCUT2D eigenvalue weighted by molar-refractivity contribution is 0.0633. The second-order valence-electron chi connectivity index (χ2n) is 7.09. The third-order valence-corrected chi connectivity index (χ3v) is 4.91. The zero-order chi connectivity index (χ0) is 19.0. The monoisotopic (exact) mass is 439 g/mol. The molecule has 1 unspecified atom stereocenters. The first-order chi connectivity index (χ1) is 13.0. The van der Waals surface area contributed by atoms with E-state index < -0.39 is 0 Å². The molecule has 3 aromatic rings. The highest BCUT2D eigenvalue weighted by atomic mass is 35.5. The van der Waals surface area contributed by atoms with Crippen LogP contribution in [0.5, 0.6) is 0 Å². The third kappa shape index (κ3) is 4.52. The van der Waals surface area contributed by atoms with Crippen LogP contribution in [0.2, 0.25) is 0 Å². The van der Waals surface area contributed by atoms with Crippen LogP contribution in [0.4, 0.5) is 4.39 Å². The van der Waals surface area contributed by atoms with Crippen molar-refractivity contribution < 1.29 is 9.18 Å². The van der Waals surface area contributed by atoms with Crippen LogP contribution >= 0.6 is 24.8 Å². The maximum atomic E-state index is 13.7. The van der Waals surface area contributed by atoms with E-state index in [9.17, 15) is 9.18 Å². The van der Waals surface area contributed by atoms with Crippen molar-refractivity contribution in [1.82, 2.24) is 25.0 Å². The molecule has 1 amide bonds. The molecule has 1 N–H and O–H groups in total. The second-order valence-corrected chi connectivity index (χ2v) is 7.09. The van der Waals surface area contributed by atoms with Gasteiger partial charge >= 0.3 is 0 Å². The Hall–Kier alpha value is -2.22. The molecule has 0 spiro atoms. The standard InChI is InChI=1S/C20H22FN5O.2ClH/c1-13(2)26-19-15(11-24-26)8-16(10-23-19)20(27)25-7-6-22-12-18(25)14-4-3-5-17(21)9-14;;/h3-5,8-11,13,18,22H,6-7,12H2,1-2H3;2*1H. The van der Waals surface area contributed by atoms with Crippen molar-refractivity contribution in [1.29, 1.82) is 0 Å². The largest absolute Gasteiger partial charge is 0.329 e. The highest BCUT2D eigenvalue weighted by molar-refractivity contribution is 5.97. The quantitative estimate of drug-likeness (QED) is 0.674. The Morgan fingerprint density at radius 1 is 1.24 bits per heavy atom. The van der Waals surface area contributed by atoms with E-state index in [0.29, 0.717) is 25.2 Å². The number of fused-ring (bicyclic) bond motifs is 1. The van der Waals surface area contributed by atoms with E-state index in [1.54, 1.807) is 23.4 Å². The van der Waals surface area contributed by atoms with Gasteiger partial charge in [-0.3, -0.25) is 4.79 Å². The maximum Gasteiger partial charge on any atom is 0.256 e. The van der Waals surface area contributed by atoms with E-state index in [2.05, 4.69) is 15.4 Å². The number of carbonyl (C=O) groups excluding carboxylic acids is 1. The first-order valence-electron chi connectivity index (χ1n) is 9.15. The topological polar surface area (TPSA) is 63.1 Å². The normalized spacial score (nSPS) is 16.4. The minimum Gasteiger partial charge on any atom is -0.329 e. The highest BCUT2D eigenvalue weighted by Crippen LogP contribution is 2.26. The van der Waals surface area contributed by atoms with Gasteiger partial charge in [0.05, 0.1) is 17.8 Å². The molecule has 29 heavy (non-hydrogen) atoms. The van der Waals surface area contributed by atoms with Crippen molar-refractivity contribution in [3.05, 3.63) is 59.7 Å². The number of pyridine rings is 1. The Balaban J connectivity index is 0.00000150. The van der Waals surface area contributed by atoms with Gasteiger partial charge in [0, 0.05) is 37.3 Å². The van der Waals surface area contributed by atoms with Crippen LogP contribution in [0.1, 0.15) is 41.9 Å². The number of halogens is 3. The average Bonchev–Trinajstić information content (AvgIpc) is 3.11. The molecular formula is C20H24Cl2FN5O. The van der Waals surface area contributed by atoms with Crippen LogP contribution in [0.3, 0.4) is 0 Å². The summed E-state index contributed by atoms with van der Waals surface area (Å²) in [4.78, 5) is 19.5. The summed E-state index contributed by atoms with van der Waals surface area (Å²) in [6.07, 6.45) is 3.34. The molecular weight excluding hydrogens is 416 g/mol. The van der Waals surface area contributed by atoms with Crippen molar-refractivity contribution in [3.8, 4) is 0 Å². The molecule has 1 atom stereocenters. The predicted octanol–water partition coefficient (Wildman–Crippen LogP) is 3.78. The van der Waals surface area contributed by atoms with Crippen molar-refractivity contribution in [2.24, 2.45) is 0 Å². The summed E-state index contributed by atoms with van der Waals surface area (Å²) in [6.45, 7) is 5.94. The van der Waals surface area contributed by atoms with E-state index in [0.717, 1.165) is 16.6 Å². The number of amides is 1. The van der Waals surface area contributed by atoms with Gasteiger partial charge in [0.15, 0.2) is 5.65 Å². The van der Waals surface area contributed by atoms with Crippen molar-refractivity contribution in [2.45, 2.75) is 25.9 Å². The van der Waals surface area contributed by atoms with Crippen LogP contribution in [0, 0.1) is 5.82 Å². The van der Waals surface area contributed by atoms with E-state index in [-0.39, 0.29) is 48.6 Å². The lowest BCUT2D eigenvalue weighted by Gasteiger charge is -2.36. The zero-order valence-electron chi connectivity index (χ0n) is 16.2. The van der Waals surface area contributed by atoms with Crippen molar-refractivity contribution in [3.63, 3.8) is 0 Å². The average molecular weight is 440 g/mol. The molecule has 1 aliphatic heterocycles. The number of nitrogens with zero attached hydrogens (tertiary/aromatic N) is 4. The Morgan fingerprint density at radius 3 is 2.76 bits per heavy atom. The fraction of sp³-hybridized carbons (Fsp3) is 0.350. The molecule has 6 nitrogen and oxygen atoms in total. The Morgan fingerprint density at radius 2 is 2.03 bits per heavy atom. The Bertz CT molecular complexity index is 994. The third-order valence-electron chi connectivity index (χ3n) is 4.91. The van der Waals surface area contributed by atoms with Crippen LogP contribution in [-0.2, 0) is 0 Å². The lowest BCUT2D eigenvalue weighted by Crippen LogP contribution is -2.48. The number of hydrogen-bond acceptors (Lipinski definition) is 4. The van der Waals surface area contributed by atoms with Crippen LogP contribution in [0.15, 0.2) is 42.7 Å². The fourth-order valence-electron chi connectivity index (χ4n) is 3.56. The van der Waals surface area contributed by atoms with Gasteiger partial charge in [-0.15, -0.1) is 24.8 Å². The second kappa shape index (κ2) is 9.52. The van der Waals surface area contributed by atoms with Crippen LogP contribution < -0.4 is 5.32 Å². The lowest BCUT2D eigenvalue weighted by atomic mass is 10.0. The Labute approximate surface area is 181 Å². The predicted molar refractivity (Wildman–Crippen MR) is 115 cm³/mol. The summed E-state index contributed by atoms with van der Waals surface area (Å²) in [5, 5.41) is 8.49. The summed E-state index contributed by atoms with van der Waals surface area (Å²) in [5.74, 6) is -0.396. The smallest absolute Gasteiger partial charge is 0.256 e. The van der Waals surface area contributed by atoms with E-state index in [1.807, 2.05) is 30.7 Å². The fourth-order valence-corrected chi connectivity index (χ4v) is 3.56. The number of nitrogens with one attached hydrogen (secondary N) is 1. The molecule has 1 saturated heterocycles. The van der Waals surface area contributed by atoms with Gasteiger partial charge in [-0.2, -0.15) is 5.10 Å². The van der Waals surface area contributed by atoms with Gasteiger partial charge in [0.25, 0.3) is 5.91 Å². The minimum atomic E-state index is -0.297. The molecule has 0 aliphatic carbocycles. The van der Waals surface area contributed by atoms with E-state index >= 15 is 0 Å². The molecule has 0 radical (unpaired) electrons. The molecule has 1 aromatic carbocycles. The van der Waals surface area contributed by atoms with Gasteiger partial charge in [0.2, 0.25) is 0 Å². The summed E-state index contributed by atoms with van der Waals surface area (Å²) in [7, 11) is 0. The molecule has 1 aliphatic rings. The number of aromatic nitrogens is 3. The summed E-state index contributed by atoms with van der Waals surface area (Å²) in [5.41, 5.74) is 2.08. The van der Waals surface area contributed by atoms with Crippen LogP contribution in [-0.4, -0.2) is 45.2 Å². The minimum absolute atomic E-state index is 0. The van der Waals surface area contributed by atoms with Crippen molar-refractivity contribution >= 4 is 41.8 Å². The van der Waals surface area contributed by atoms with Crippen LogP contribution in [0.25, 0.3) is 11.0 Å². The van der Waals surface area contributed by atoms with Gasteiger partial charge in [-0.1, -0.05) is 12.1 Å². The molecule has 3 heterocycles. The summed E-state index contributed by atoms with van der Waals surface area (Å²) in [6, 6.07) is 8.26. The number of carbonyl (C=O) groups is 1. The summed E-state index contributed by atoms with van der Waals surface area (Å²) < 4.78 is 15.5. The van der Waals surface area contributed by atoms with Gasteiger partial charge in [-0.05, 0) is 37.6 Å². The molecule has 0 bridgehead atoms. The summed E-state index contributed by atoms with van der Waals surface area (Å²) >= 11 is 0. The zero-order valence-corrected chi connectivity index (χ0v) is 17.8. The highest BCUT2D eigenvalue weighted by Gasteiger charge is 2.29. The molecule has 156 valence electrons. The molecule has 0 saturated carbocycles. The number of piperazine rings is 1. The SMILES string of the molecule is CC(C)n1ncc2cc(C(=O)N3CCNCC3c3cccc(F)c3)cnc21.Cl.Cl. The van der Waals surface area contributed by atoms with Crippen molar-refractivity contribution in [2.75, 3.05) is 19.6 Å². The first kappa shape index (κ1) is 23.1. The van der Waals surface area contributed by atoms with Gasteiger partial charge < -0.3 is 10.2 Å². The molecule has 9 heteroatoms. The number of hydrogen-bond donors (Lipinski definition) is 1. The Kier molecular flexibility index (Phi) is 7.57. The van der Waals surface area contributed by atoms with Gasteiger partial charge in [0.1, 0.15) is 5.82 Å².